The van der Waals surface area contributed by atoms with Crippen molar-refractivity contribution in [3.05, 3.63) is 0 Å². The second-order valence-corrected chi connectivity index (χ2v) is 3.23. The molecule has 1 heterocycles. The van der Waals surface area contributed by atoms with Gasteiger partial charge in [0.25, 0.3) is 0 Å². The van der Waals surface area contributed by atoms with Gasteiger partial charge in [-0.2, -0.15) is 0 Å². The second-order valence-electron chi connectivity index (χ2n) is 3.23. The van der Waals surface area contributed by atoms with E-state index >= 15 is 0 Å². The lowest BCUT2D eigenvalue weighted by molar-refractivity contribution is -0.219. The Balaban J connectivity index is 2.67. The second kappa shape index (κ2) is 3.70. The topological polar surface area (TPSA) is 58.9 Å². The average Bonchev–Trinajstić information content (AvgIpc) is 2.02. The van der Waals surface area contributed by atoms with E-state index in [0.717, 1.165) is 0 Å². The van der Waals surface area contributed by atoms with Crippen molar-refractivity contribution in [2.75, 3.05) is 7.11 Å². The number of aliphatic hydroxyl groups excluding tert-OH is 2. The molecule has 1 fully saturated rings. The molecule has 0 aliphatic carbocycles. The molecule has 4 heteroatoms. The summed E-state index contributed by atoms with van der Waals surface area (Å²) in [5.41, 5.74) is 0. The van der Waals surface area contributed by atoms with Crippen LogP contribution in [0.1, 0.15) is 13.8 Å². The Labute approximate surface area is 72.1 Å². The molecule has 0 radical (unpaired) electrons. The molecule has 0 aromatic rings. The molecule has 0 saturated carbocycles. The summed E-state index contributed by atoms with van der Waals surface area (Å²) < 4.78 is 10.2. The summed E-state index contributed by atoms with van der Waals surface area (Å²) in [4.78, 5) is 0. The highest BCUT2D eigenvalue weighted by Gasteiger charge is 2.40. The standard InChI is InChI=1S/C8H16O4/c1-4-6(9)8(11-3)7(10)5(2)12-4/h4-10H,1-3H3/t4-,5?,6-,7-,8?/m1/s1. The van der Waals surface area contributed by atoms with Crippen LogP contribution >= 0.6 is 0 Å². The Kier molecular flexibility index (Phi) is 3.06. The number of aliphatic hydroxyl groups is 2. The van der Waals surface area contributed by atoms with Crippen molar-refractivity contribution >= 4 is 0 Å². The fourth-order valence-corrected chi connectivity index (χ4v) is 1.51. The molecule has 0 spiro atoms. The number of methoxy groups -OCH3 is 1. The minimum absolute atomic E-state index is 0.284. The normalized spacial score (nSPS) is 49.2. The van der Waals surface area contributed by atoms with Gasteiger partial charge in [-0.1, -0.05) is 0 Å². The Hall–Kier alpha value is -0.160. The van der Waals surface area contributed by atoms with Gasteiger partial charge in [-0.05, 0) is 13.8 Å². The summed E-state index contributed by atoms with van der Waals surface area (Å²) in [6.45, 7) is 3.53. The predicted octanol–water partition coefficient (Wildman–Crippen LogP) is -0.470. The summed E-state index contributed by atoms with van der Waals surface area (Å²) >= 11 is 0. The Bertz CT molecular complexity index is 136. The maximum absolute atomic E-state index is 9.52. The van der Waals surface area contributed by atoms with Crippen LogP contribution in [0.25, 0.3) is 0 Å². The zero-order chi connectivity index (χ0) is 9.30. The minimum Gasteiger partial charge on any atom is -0.388 e. The highest BCUT2D eigenvalue weighted by atomic mass is 16.6. The summed E-state index contributed by atoms with van der Waals surface area (Å²) in [6.07, 6.45) is -2.60. The van der Waals surface area contributed by atoms with E-state index < -0.39 is 18.3 Å². The molecule has 0 amide bonds. The summed E-state index contributed by atoms with van der Waals surface area (Å²) in [5.74, 6) is 0. The third kappa shape index (κ3) is 1.61. The van der Waals surface area contributed by atoms with Crippen LogP contribution in [0.5, 0.6) is 0 Å². The van der Waals surface area contributed by atoms with Crippen LogP contribution in [0.2, 0.25) is 0 Å². The summed E-state index contributed by atoms with van der Waals surface area (Å²) in [7, 11) is 1.47. The van der Waals surface area contributed by atoms with Gasteiger partial charge in [-0.15, -0.1) is 0 Å². The minimum atomic E-state index is -0.749. The first-order valence-corrected chi connectivity index (χ1v) is 4.12. The van der Waals surface area contributed by atoms with E-state index in [2.05, 4.69) is 0 Å². The van der Waals surface area contributed by atoms with Crippen molar-refractivity contribution in [1.82, 2.24) is 0 Å². The van der Waals surface area contributed by atoms with E-state index in [4.69, 9.17) is 9.47 Å². The lowest BCUT2D eigenvalue weighted by Crippen LogP contribution is -2.56. The van der Waals surface area contributed by atoms with Gasteiger partial charge in [0.05, 0.1) is 12.2 Å². The van der Waals surface area contributed by atoms with Gasteiger partial charge in [-0.25, -0.2) is 0 Å². The first-order chi connectivity index (χ1) is 5.57. The largest absolute Gasteiger partial charge is 0.388 e. The van der Waals surface area contributed by atoms with Crippen molar-refractivity contribution < 1.29 is 19.7 Å². The Morgan fingerprint density at radius 1 is 1.08 bits per heavy atom. The third-order valence-corrected chi connectivity index (χ3v) is 2.34. The van der Waals surface area contributed by atoms with Crippen molar-refractivity contribution in [2.45, 2.75) is 44.4 Å². The van der Waals surface area contributed by atoms with E-state index in [1.165, 1.54) is 7.11 Å². The monoisotopic (exact) mass is 176 g/mol. The van der Waals surface area contributed by atoms with Crippen molar-refractivity contribution in [1.29, 1.82) is 0 Å². The smallest absolute Gasteiger partial charge is 0.114 e. The lowest BCUT2D eigenvalue weighted by atomic mass is 9.96. The lowest BCUT2D eigenvalue weighted by Gasteiger charge is -2.39. The molecule has 4 nitrogen and oxygen atoms in total. The molecule has 0 bridgehead atoms. The van der Waals surface area contributed by atoms with Crippen LogP contribution in [0.3, 0.4) is 0 Å². The molecule has 1 rings (SSSR count). The number of rotatable bonds is 1. The first kappa shape index (κ1) is 9.92. The van der Waals surface area contributed by atoms with Crippen LogP contribution in [-0.2, 0) is 9.47 Å². The number of hydrogen-bond donors (Lipinski definition) is 2. The third-order valence-electron chi connectivity index (χ3n) is 2.34. The average molecular weight is 176 g/mol. The van der Waals surface area contributed by atoms with Crippen molar-refractivity contribution in [2.24, 2.45) is 0 Å². The van der Waals surface area contributed by atoms with E-state index in [1.807, 2.05) is 0 Å². The van der Waals surface area contributed by atoms with Crippen LogP contribution < -0.4 is 0 Å². The van der Waals surface area contributed by atoms with Gasteiger partial charge < -0.3 is 19.7 Å². The quantitative estimate of drug-likeness (QED) is 0.567. The van der Waals surface area contributed by atoms with Crippen LogP contribution in [0.15, 0.2) is 0 Å². The zero-order valence-electron chi connectivity index (χ0n) is 7.60. The molecular formula is C8H16O4. The Morgan fingerprint density at radius 2 is 1.50 bits per heavy atom. The molecule has 2 unspecified atom stereocenters. The van der Waals surface area contributed by atoms with Crippen molar-refractivity contribution in [3.63, 3.8) is 0 Å². The molecule has 5 atom stereocenters. The Morgan fingerprint density at radius 3 is 1.83 bits per heavy atom. The highest BCUT2D eigenvalue weighted by Crippen LogP contribution is 2.22. The first-order valence-electron chi connectivity index (χ1n) is 4.12. The molecule has 1 aliphatic rings. The number of hydrogen-bond acceptors (Lipinski definition) is 4. The predicted molar refractivity (Wildman–Crippen MR) is 42.8 cm³/mol. The van der Waals surface area contributed by atoms with E-state index in [0.29, 0.717) is 0 Å². The van der Waals surface area contributed by atoms with Gasteiger partial charge in [0, 0.05) is 7.11 Å². The van der Waals surface area contributed by atoms with E-state index in [-0.39, 0.29) is 12.2 Å². The maximum atomic E-state index is 9.52. The van der Waals surface area contributed by atoms with Crippen LogP contribution in [-0.4, -0.2) is 47.8 Å². The summed E-state index contributed by atoms with van der Waals surface area (Å²) in [5, 5.41) is 19.0. The molecule has 0 aromatic carbocycles. The SMILES string of the molecule is COC1[C@H](O)C(C)O[C@H](C)[C@H]1O. The van der Waals surface area contributed by atoms with E-state index in [1.54, 1.807) is 13.8 Å². The highest BCUT2D eigenvalue weighted by molar-refractivity contribution is 4.89. The molecule has 0 aromatic heterocycles. The van der Waals surface area contributed by atoms with Gasteiger partial charge >= 0.3 is 0 Å². The number of ether oxygens (including phenoxy) is 2. The fraction of sp³-hybridized carbons (Fsp3) is 1.00. The fourth-order valence-electron chi connectivity index (χ4n) is 1.51. The molecular weight excluding hydrogens is 160 g/mol. The molecule has 12 heavy (non-hydrogen) atoms. The van der Waals surface area contributed by atoms with Gasteiger partial charge in [0.1, 0.15) is 18.3 Å². The zero-order valence-corrected chi connectivity index (χ0v) is 7.60. The maximum Gasteiger partial charge on any atom is 0.114 e. The molecule has 72 valence electrons. The van der Waals surface area contributed by atoms with E-state index in [9.17, 15) is 10.2 Å². The van der Waals surface area contributed by atoms with Crippen LogP contribution in [0.4, 0.5) is 0 Å². The molecule has 2 N–H and O–H groups in total. The summed E-state index contributed by atoms with van der Waals surface area (Å²) in [6, 6.07) is 0. The molecule has 1 saturated heterocycles. The van der Waals surface area contributed by atoms with Gasteiger partial charge in [-0.3, -0.25) is 0 Å². The van der Waals surface area contributed by atoms with Crippen LogP contribution in [0, 0.1) is 0 Å². The molecule has 1 aliphatic heterocycles. The van der Waals surface area contributed by atoms with Gasteiger partial charge in [0.2, 0.25) is 0 Å². The van der Waals surface area contributed by atoms with Crippen molar-refractivity contribution in [3.8, 4) is 0 Å². The van der Waals surface area contributed by atoms with Gasteiger partial charge in [0.15, 0.2) is 0 Å².